The predicted molar refractivity (Wildman–Crippen MR) is 65.6 cm³/mol. The summed E-state index contributed by atoms with van der Waals surface area (Å²) in [4.78, 5) is 11.8. The zero-order valence-electron chi connectivity index (χ0n) is 10.5. The topological polar surface area (TPSA) is 40.5 Å². The fraction of sp³-hybridized carbons (Fsp3) is 0.308. The van der Waals surface area contributed by atoms with E-state index in [0.717, 1.165) is 5.39 Å². The lowest BCUT2D eigenvalue weighted by molar-refractivity contribution is 0.154. The summed E-state index contributed by atoms with van der Waals surface area (Å²) >= 11 is 0. The van der Waals surface area contributed by atoms with Crippen molar-refractivity contribution in [3.05, 3.63) is 29.7 Å². The van der Waals surface area contributed by atoms with E-state index < -0.39 is 11.9 Å². The molecule has 18 heavy (non-hydrogen) atoms. The minimum atomic E-state index is -0.506. The van der Waals surface area contributed by atoms with Gasteiger partial charge in [-0.15, -0.1) is 0 Å². The van der Waals surface area contributed by atoms with Crippen molar-refractivity contribution in [2.75, 3.05) is 13.7 Å². The highest BCUT2D eigenvalue weighted by molar-refractivity contribution is 5.91. The van der Waals surface area contributed by atoms with Crippen LogP contribution >= 0.6 is 0 Å². The van der Waals surface area contributed by atoms with Crippen LogP contribution in [0.2, 0.25) is 0 Å². The molecular formula is C13H14FNO3. The summed E-state index contributed by atoms with van der Waals surface area (Å²) in [5, 5.41) is 0.735. The molecule has 96 valence electrons. The third-order valence-electron chi connectivity index (χ3n) is 2.71. The summed E-state index contributed by atoms with van der Waals surface area (Å²) in [5.41, 5.74) is 1.17. The Morgan fingerprint density at radius 1 is 1.39 bits per heavy atom. The van der Waals surface area contributed by atoms with Crippen LogP contribution in [0, 0.1) is 12.7 Å². The summed E-state index contributed by atoms with van der Waals surface area (Å²) in [6.45, 7) is 3.76. The first kappa shape index (κ1) is 12.4. The Hall–Kier alpha value is -2.04. The second-order valence-electron chi connectivity index (χ2n) is 3.87. The van der Waals surface area contributed by atoms with E-state index in [1.807, 2.05) is 0 Å². The third-order valence-corrected chi connectivity index (χ3v) is 2.71. The molecular weight excluding hydrogens is 237 g/mol. The predicted octanol–water partition coefficient (Wildman–Crippen LogP) is 3.10. The number of fused-ring (bicyclic) bond motifs is 1. The van der Waals surface area contributed by atoms with Crippen molar-refractivity contribution in [3.8, 4) is 5.75 Å². The number of carbonyl (C=O) groups is 1. The molecule has 0 radical (unpaired) electrons. The molecule has 4 nitrogen and oxygen atoms in total. The first-order chi connectivity index (χ1) is 8.58. The first-order valence-corrected chi connectivity index (χ1v) is 5.61. The van der Waals surface area contributed by atoms with Crippen LogP contribution in [0.5, 0.6) is 5.75 Å². The normalized spacial score (nSPS) is 10.7. The van der Waals surface area contributed by atoms with E-state index in [-0.39, 0.29) is 12.4 Å². The Labute approximate surface area is 104 Å². The van der Waals surface area contributed by atoms with Crippen LogP contribution in [0.3, 0.4) is 0 Å². The molecule has 0 bridgehead atoms. The molecule has 0 spiro atoms. The number of carbonyl (C=O) groups excluding carboxylic acids is 1. The number of methoxy groups -OCH3 is 1. The Morgan fingerprint density at radius 3 is 2.72 bits per heavy atom. The Kier molecular flexibility index (Phi) is 3.23. The Morgan fingerprint density at radius 2 is 2.11 bits per heavy atom. The SMILES string of the molecule is CCOC(=O)n1c(C)cc2cc(OC)c(F)cc21. The van der Waals surface area contributed by atoms with Gasteiger partial charge in [-0.2, -0.15) is 0 Å². The molecule has 2 rings (SSSR count). The largest absolute Gasteiger partial charge is 0.494 e. The van der Waals surface area contributed by atoms with Gasteiger partial charge in [-0.25, -0.2) is 13.8 Å². The van der Waals surface area contributed by atoms with Crippen molar-refractivity contribution in [2.45, 2.75) is 13.8 Å². The summed E-state index contributed by atoms with van der Waals surface area (Å²) in [5.74, 6) is -0.350. The first-order valence-electron chi connectivity index (χ1n) is 5.61. The van der Waals surface area contributed by atoms with Crippen LogP contribution in [0.1, 0.15) is 12.6 Å². The van der Waals surface area contributed by atoms with Gasteiger partial charge in [-0.3, -0.25) is 0 Å². The van der Waals surface area contributed by atoms with Gasteiger partial charge >= 0.3 is 6.09 Å². The molecule has 0 saturated carbocycles. The van der Waals surface area contributed by atoms with Gasteiger partial charge in [0.2, 0.25) is 0 Å². The average molecular weight is 251 g/mol. The molecule has 2 aromatic rings. The van der Waals surface area contributed by atoms with Gasteiger partial charge < -0.3 is 9.47 Å². The van der Waals surface area contributed by atoms with Gasteiger partial charge in [0.15, 0.2) is 11.6 Å². The molecule has 0 fully saturated rings. The number of aromatic nitrogens is 1. The average Bonchev–Trinajstić information content (AvgIpc) is 2.63. The van der Waals surface area contributed by atoms with E-state index in [1.165, 1.54) is 17.7 Å². The lowest BCUT2D eigenvalue weighted by Crippen LogP contribution is -2.14. The molecule has 1 heterocycles. The highest BCUT2D eigenvalue weighted by Gasteiger charge is 2.16. The fourth-order valence-electron chi connectivity index (χ4n) is 1.93. The maximum Gasteiger partial charge on any atom is 0.418 e. The molecule has 1 aromatic heterocycles. The third kappa shape index (κ3) is 1.92. The van der Waals surface area contributed by atoms with Crippen LogP contribution in [0.15, 0.2) is 18.2 Å². The standard InChI is InChI=1S/C13H14FNO3/c1-4-18-13(16)15-8(2)5-9-6-12(17-3)10(14)7-11(9)15/h5-7H,4H2,1-3H3. The maximum absolute atomic E-state index is 13.7. The van der Waals surface area contributed by atoms with Crippen LogP contribution < -0.4 is 4.74 Å². The molecule has 0 N–H and O–H groups in total. The number of ether oxygens (including phenoxy) is 2. The highest BCUT2D eigenvalue weighted by atomic mass is 19.1. The van der Waals surface area contributed by atoms with Gasteiger partial charge in [-0.05, 0) is 26.0 Å². The summed E-state index contributed by atoms with van der Waals surface area (Å²) in [6, 6.07) is 4.62. The molecule has 0 atom stereocenters. The van der Waals surface area contributed by atoms with Gasteiger partial charge in [0, 0.05) is 17.1 Å². The van der Waals surface area contributed by atoms with Gasteiger partial charge in [0.1, 0.15) is 0 Å². The summed E-state index contributed by atoms with van der Waals surface area (Å²) in [7, 11) is 1.40. The van der Waals surface area contributed by atoms with Gasteiger partial charge in [-0.1, -0.05) is 0 Å². The molecule has 0 amide bonds. The monoisotopic (exact) mass is 251 g/mol. The number of hydrogen-bond donors (Lipinski definition) is 0. The maximum atomic E-state index is 13.7. The molecule has 0 unspecified atom stereocenters. The van der Waals surface area contributed by atoms with Crippen LogP contribution in [0.25, 0.3) is 10.9 Å². The van der Waals surface area contributed by atoms with E-state index in [2.05, 4.69) is 0 Å². The Bertz CT molecular complexity index is 604. The lowest BCUT2D eigenvalue weighted by atomic mass is 10.2. The number of rotatable bonds is 2. The van der Waals surface area contributed by atoms with Crippen molar-refractivity contribution in [1.29, 1.82) is 0 Å². The van der Waals surface area contributed by atoms with Crippen molar-refractivity contribution in [2.24, 2.45) is 0 Å². The van der Waals surface area contributed by atoms with Gasteiger partial charge in [0.25, 0.3) is 0 Å². The Balaban J connectivity index is 2.64. The van der Waals surface area contributed by atoms with Crippen LogP contribution in [-0.4, -0.2) is 24.4 Å². The van der Waals surface area contributed by atoms with E-state index in [4.69, 9.17) is 9.47 Å². The van der Waals surface area contributed by atoms with Crippen molar-refractivity contribution < 1.29 is 18.7 Å². The van der Waals surface area contributed by atoms with Crippen molar-refractivity contribution in [1.82, 2.24) is 4.57 Å². The lowest BCUT2D eigenvalue weighted by Gasteiger charge is -2.07. The minimum Gasteiger partial charge on any atom is -0.494 e. The number of nitrogens with zero attached hydrogens (tertiary/aromatic N) is 1. The summed E-state index contributed by atoms with van der Waals surface area (Å²) < 4.78 is 24.9. The molecule has 1 aromatic carbocycles. The second kappa shape index (κ2) is 4.68. The number of benzene rings is 1. The van der Waals surface area contributed by atoms with E-state index in [1.54, 1.807) is 26.0 Å². The minimum absolute atomic E-state index is 0.156. The van der Waals surface area contributed by atoms with E-state index in [0.29, 0.717) is 11.2 Å². The number of hydrogen-bond acceptors (Lipinski definition) is 3. The molecule has 0 aliphatic rings. The number of aryl methyl sites for hydroxylation is 1. The quantitative estimate of drug-likeness (QED) is 0.823. The molecule has 0 aliphatic heterocycles. The summed E-state index contributed by atoms with van der Waals surface area (Å²) in [6.07, 6.45) is -0.505. The van der Waals surface area contributed by atoms with E-state index >= 15 is 0 Å². The molecule has 0 aliphatic carbocycles. The van der Waals surface area contributed by atoms with Crippen LogP contribution in [-0.2, 0) is 4.74 Å². The van der Waals surface area contributed by atoms with E-state index in [9.17, 15) is 9.18 Å². The molecule has 0 saturated heterocycles. The second-order valence-corrected chi connectivity index (χ2v) is 3.87. The number of halogens is 1. The van der Waals surface area contributed by atoms with Crippen molar-refractivity contribution >= 4 is 17.0 Å². The highest BCUT2D eigenvalue weighted by Crippen LogP contribution is 2.27. The smallest absolute Gasteiger partial charge is 0.418 e. The molecule has 5 heteroatoms. The fourth-order valence-corrected chi connectivity index (χ4v) is 1.93. The van der Waals surface area contributed by atoms with Crippen LogP contribution in [0.4, 0.5) is 9.18 Å². The zero-order chi connectivity index (χ0) is 13.3. The van der Waals surface area contributed by atoms with Crippen molar-refractivity contribution in [3.63, 3.8) is 0 Å². The zero-order valence-corrected chi connectivity index (χ0v) is 10.5. The van der Waals surface area contributed by atoms with Gasteiger partial charge in [0.05, 0.1) is 19.2 Å².